The van der Waals surface area contributed by atoms with E-state index in [4.69, 9.17) is 4.74 Å². The number of halogens is 1. The van der Waals surface area contributed by atoms with Crippen LogP contribution in [0.2, 0.25) is 0 Å². The van der Waals surface area contributed by atoms with Crippen molar-refractivity contribution in [2.45, 2.75) is 71.1 Å². The van der Waals surface area contributed by atoms with E-state index in [2.05, 4.69) is 14.9 Å². The fourth-order valence-electron chi connectivity index (χ4n) is 6.50. The van der Waals surface area contributed by atoms with E-state index in [1.807, 2.05) is 26.4 Å². The summed E-state index contributed by atoms with van der Waals surface area (Å²) in [6, 6.07) is 4.96. The van der Waals surface area contributed by atoms with Gasteiger partial charge >= 0.3 is 0 Å². The van der Waals surface area contributed by atoms with Crippen LogP contribution in [0.1, 0.15) is 68.9 Å². The standard InChI is InChI=1S/C31H43FN4O2/c1-22-19-33-31(34-20-22)36-13-10-24(11-14-36)28-16-25(28)12-15-38-27-9-8-26(29(32)18-27)17-30(37)35(2)21-23-6-4-3-5-7-23/h8-9,18-20,23-25,28H,3-7,10-17,21H2,1-2H3/t25-,28-/m1/s1. The predicted octanol–water partition coefficient (Wildman–Crippen LogP) is 5.83. The second-order valence-electron chi connectivity index (χ2n) is 11.9. The van der Waals surface area contributed by atoms with Crippen LogP contribution in [0.25, 0.3) is 0 Å². The molecule has 2 heterocycles. The zero-order valence-corrected chi connectivity index (χ0v) is 23.1. The highest BCUT2D eigenvalue weighted by Crippen LogP contribution is 2.49. The van der Waals surface area contributed by atoms with Crippen molar-refractivity contribution in [3.63, 3.8) is 0 Å². The zero-order valence-electron chi connectivity index (χ0n) is 23.1. The highest BCUT2D eigenvalue weighted by Gasteiger charge is 2.43. The summed E-state index contributed by atoms with van der Waals surface area (Å²) in [5.41, 5.74) is 1.54. The van der Waals surface area contributed by atoms with E-state index in [9.17, 15) is 9.18 Å². The van der Waals surface area contributed by atoms with Gasteiger partial charge in [0, 0.05) is 45.1 Å². The number of carbonyl (C=O) groups excluding carboxylic acids is 1. The van der Waals surface area contributed by atoms with Crippen LogP contribution >= 0.6 is 0 Å². The number of rotatable bonds is 10. The fourth-order valence-corrected chi connectivity index (χ4v) is 6.50. The highest BCUT2D eigenvalue weighted by molar-refractivity contribution is 5.78. The molecule has 0 spiro atoms. The first-order valence-electron chi connectivity index (χ1n) is 14.6. The van der Waals surface area contributed by atoms with Crippen molar-refractivity contribution in [3.05, 3.63) is 47.5 Å². The maximum atomic E-state index is 14.7. The van der Waals surface area contributed by atoms with Gasteiger partial charge < -0.3 is 14.5 Å². The number of hydrogen-bond acceptors (Lipinski definition) is 5. The Morgan fingerprint density at radius 1 is 1.11 bits per heavy atom. The minimum atomic E-state index is -0.351. The topological polar surface area (TPSA) is 58.6 Å². The average Bonchev–Trinajstić information content (AvgIpc) is 3.71. The Labute approximate surface area is 227 Å². The monoisotopic (exact) mass is 522 g/mol. The van der Waals surface area contributed by atoms with E-state index in [1.165, 1.54) is 57.4 Å². The average molecular weight is 523 g/mol. The molecule has 2 atom stereocenters. The van der Waals surface area contributed by atoms with Gasteiger partial charge in [-0.1, -0.05) is 25.3 Å². The lowest BCUT2D eigenvalue weighted by atomic mass is 9.89. The Kier molecular flexibility index (Phi) is 8.80. The van der Waals surface area contributed by atoms with Gasteiger partial charge in [-0.05, 0) is 86.3 Å². The van der Waals surface area contributed by atoms with E-state index in [1.54, 1.807) is 17.0 Å². The smallest absolute Gasteiger partial charge is 0.226 e. The SMILES string of the molecule is Cc1cnc(N2CCC([C@H]3C[C@H]3CCOc3ccc(CC(=O)N(C)CC4CCCCC4)c(F)c3)CC2)nc1. The summed E-state index contributed by atoms with van der Waals surface area (Å²) in [7, 11) is 1.85. The molecule has 0 N–H and O–H groups in total. The lowest BCUT2D eigenvalue weighted by molar-refractivity contribution is -0.129. The highest BCUT2D eigenvalue weighted by atomic mass is 19.1. The number of amides is 1. The molecule has 0 bridgehead atoms. The maximum absolute atomic E-state index is 14.7. The molecule has 1 aromatic carbocycles. The maximum Gasteiger partial charge on any atom is 0.226 e. The minimum Gasteiger partial charge on any atom is -0.493 e. The number of hydrogen-bond donors (Lipinski definition) is 0. The summed E-state index contributed by atoms with van der Waals surface area (Å²) in [5.74, 6) is 3.90. The Bertz CT molecular complexity index is 1060. The number of ether oxygens (including phenoxy) is 1. The number of likely N-dealkylation sites (N-methyl/N-ethyl adjacent to an activating group) is 1. The van der Waals surface area contributed by atoms with Crippen LogP contribution < -0.4 is 9.64 Å². The molecule has 0 unspecified atom stereocenters. The normalized spacial score (nSPS) is 22.3. The zero-order chi connectivity index (χ0) is 26.5. The van der Waals surface area contributed by atoms with Crippen molar-refractivity contribution in [1.82, 2.24) is 14.9 Å². The Morgan fingerprint density at radius 2 is 1.84 bits per heavy atom. The van der Waals surface area contributed by atoms with Crippen molar-refractivity contribution >= 4 is 11.9 Å². The molecule has 2 aliphatic carbocycles. The number of nitrogens with zero attached hydrogens (tertiary/aromatic N) is 4. The largest absolute Gasteiger partial charge is 0.493 e. The fraction of sp³-hybridized carbons (Fsp3) is 0.645. The van der Waals surface area contributed by atoms with Gasteiger partial charge in [-0.2, -0.15) is 0 Å². The van der Waals surface area contributed by atoms with Crippen molar-refractivity contribution < 1.29 is 13.9 Å². The number of carbonyl (C=O) groups is 1. The van der Waals surface area contributed by atoms with Gasteiger partial charge in [0.2, 0.25) is 11.9 Å². The lowest BCUT2D eigenvalue weighted by Gasteiger charge is -2.32. The molecular formula is C31H43FN4O2. The molecule has 3 fully saturated rings. The number of benzene rings is 1. The summed E-state index contributed by atoms with van der Waals surface area (Å²) in [5, 5.41) is 0. The number of aryl methyl sites for hydroxylation is 1. The van der Waals surface area contributed by atoms with Gasteiger partial charge in [0.1, 0.15) is 11.6 Å². The number of aromatic nitrogens is 2. The Morgan fingerprint density at radius 3 is 2.55 bits per heavy atom. The van der Waals surface area contributed by atoms with Gasteiger partial charge in [-0.15, -0.1) is 0 Å². The molecular weight excluding hydrogens is 479 g/mol. The molecule has 38 heavy (non-hydrogen) atoms. The summed E-state index contributed by atoms with van der Waals surface area (Å²) in [6.45, 7) is 5.46. The van der Waals surface area contributed by atoms with E-state index < -0.39 is 0 Å². The Balaban J connectivity index is 1.00. The van der Waals surface area contributed by atoms with Crippen LogP contribution in [-0.4, -0.2) is 54.1 Å². The van der Waals surface area contributed by atoms with Crippen LogP contribution in [0, 0.1) is 36.4 Å². The van der Waals surface area contributed by atoms with Gasteiger partial charge in [0.15, 0.2) is 0 Å². The van der Waals surface area contributed by atoms with Gasteiger partial charge in [0.05, 0.1) is 13.0 Å². The van der Waals surface area contributed by atoms with Crippen molar-refractivity contribution in [2.75, 3.05) is 38.2 Å². The van der Waals surface area contributed by atoms with E-state index in [0.29, 0.717) is 29.8 Å². The van der Waals surface area contributed by atoms with Crippen LogP contribution in [0.3, 0.4) is 0 Å². The molecule has 6 nitrogen and oxygen atoms in total. The Hall–Kier alpha value is -2.70. The molecule has 1 saturated heterocycles. The molecule has 7 heteroatoms. The summed E-state index contributed by atoms with van der Waals surface area (Å²) in [4.78, 5) is 25.7. The molecule has 2 saturated carbocycles. The first kappa shape index (κ1) is 26.9. The predicted molar refractivity (Wildman–Crippen MR) is 148 cm³/mol. The van der Waals surface area contributed by atoms with E-state index in [-0.39, 0.29) is 18.1 Å². The molecule has 0 radical (unpaired) electrons. The summed E-state index contributed by atoms with van der Waals surface area (Å²) < 4.78 is 20.7. The molecule has 5 rings (SSSR count). The molecule has 206 valence electrons. The van der Waals surface area contributed by atoms with Crippen molar-refractivity contribution in [1.29, 1.82) is 0 Å². The van der Waals surface area contributed by atoms with Gasteiger partial charge in [-0.25, -0.2) is 14.4 Å². The van der Waals surface area contributed by atoms with Crippen LogP contribution in [0.5, 0.6) is 5.75 Å². The number of anilines is 1. The minimum absolute atomic E-state index is 0.0138. The lowest BCUT2D eigenvalue weighted by Crippen LogP contribution is -2.35. The quantitative estimate of drug-likeness (QED) is 0.393. The van der Waals surface area contributed by atoms with Crippen molar-refractivity contribution in [3.8, 4) is 5.75 Å². The second-order valence-corrected chi connectivity index (χ2v) is 11.9. The first-order valence-corrected chi connectivity index (χ1v) is 14.6. The third-order valence-electron chi connectivity index (χ3n) is 8.98. The van der Waals surface area contributed by atoms with Crippen LogP contribution in [0.4, 0.5) is 10.3 Å². The molecule has 1 aliphatic heterocycles. The molecule has 3 aliphatic rings. The first-order chi connectivity index (χ1) is 18.5. The number of piperidine rings is 1. The molecule has 1 amide bonds. The third-order valence-corrected chi connectivity index (χ3v) is 8.98. The molecule has 1 aromatic heterocycles. The van der Waals surface area contributed by atoms with Gasteiger partial charge in [-0.3, -0.25) is 4.79 Å². The summed E-state index contributed by atoms with van der Waals surface area (Å²) in [6.07, 6.45) is 14.8. The molecule has 2 aromatic rings. The second kappa shape index (κ2) is 12.4. The van der Waals surface area contributed by atoms with Gasteiger partial charge in [0.25, 0.3) is 0 Å². The van der Waals surface area contributed by atoms with Crippen LogP contribution in [0.15, 0.2) is 30.6 Å². The van der Waals surface area contributed by atoms with E-state index in [0.717, 1.165) is 49.4 Å². The van der Waals surface area contributed by atoms with E-state index >= 15 is 0 Å². The summed E-state index contributed by atoms with van der Waals surface area (Å²) >= 11 is 0. The third kappa shape index (κ3) is 7.03. The van der Waals surface area contributed by atoms with Crippen LogP contribution in [-0.2, 0) is 11.2 Å². The van der Waals surface area contributed by atoms with Crippen molar-refractivity contribution in [2.24, 2.45) is 23.7 Å².